The van der Waals surface area contributed by atoms with Gasteiger partial charge in [0.1, 0.15) is 6.04 Å². The van der Waals surface area contributed by atoms with E-state index in [-0.39, 0.29) is 36.9 Å². The molecule has 1 heterocycles. The summed E-state index contributed by atoms with van der Waals surface area (Å²) < 4.78 is 43.2. The molecule has 0 aliphatic carbocycles. The highest BCUT2D eigenvalue weighted by Gasteiger charge is 2.45. The van der Waals surface area contributed by atoms with Crippen LogP contribution in [0.15, 0.2) is 24.3 Å². The van der Waals surface area contributed by atoms with Crippen LogP contribution in [-0.4, -0.2) is 41.2 Å². The maximum Gasteiger partial charge on any atom is 0.416 e. The lowest BCUT2D eigenvalue weighted by Crippen LogP contribution is -2.44. The largest absolute Gasteiger partial charge is 0.454 e. The third-order valence-electron chi connectivity index (χ3n) is 4.68. The highest BCUT2D eigenvalue weighted by Crippen LogP contribution is 2.45. The molecule has 0 fully saturated rings. The Morgan fingerprint density at radius 2 is 1.53 bits per heavy atom. The Labute approximate surface area is 209 Å². The number of halogens is 7. The van der Waals surface area contributed by atoms with Crippen molar-refractivity contribution in [2.45, 2.75) is 19.1 Å². The Bertz CT molecular complexity index is 1190. The van der Waals surface area contributed by atoms with E-state index in [9.17, 15) is 32.3 Å². The van der Waals surface area contributed by atoms with Gasteiger partial charge in [0.25, 0.3) is 17.7 Å². The van der Waals surface area contributed by atoms with Crippen molar-refractivity contribution in [3.05, 3.63) is 61.0 Å². The minimum Gasteiger partial charge on any atom is -0.454 e. The lowest BCUT2D eigenvalue weighted by Gasteiger charge is -2.20. The second-order valence-electron chi connectivity index (χ2n) is 6.90. The number of anilines is 1. The van der Waals surface area contributed by atoms with Crippen LogP contribution in [0.3, 0.4) is 0 Å². The molecule has 14 heteroatoms. The number of nitrogens with zero attached hydrogens (tertiary/aromatic N) is 1. The van der Waals surface area contributed by atoms with Gasteiger partial charge >= 0.3 is 12.1 Å². The van der Waals surface area contributed by atoms with Gasteiger partial charge in [0, 0.05) is 5.69 Å². The summed E-state index contributed by atoms with van der Waals surface area (Å²) in [7, 11) is 0. The summed E-state index contributed by atoms with van der Waals surface area (Å²) >= 11 is 23.9. The Balaban J connectivity index is 1.69. The Hall–Kier alpha value is -2.53. The Kier molecular flexibility index (Phi) is 7.37. The molecule has 3 rings (SSSR count). The van der Waals surface area contributed by atoms with Gasteiger partial charge in [-0.15, -0.1) is 0 Å². The molecule has 0 aromatic heterocycles. The summed E-state index contributed by atoms with van der Waals surface area (Å²) in [6, 6.07) is 2.30. The second kappa shape index (κ2) is 9.61. The summed E-state index contributed by atoms with van der Waals surface area (Å²) in [5.41, 5.74) is -1.85. The topological polar surface area (TPSA) is 92.8 Å². The predicted molar refractivity (Wildman–Crippen MR) is 117 cm³/mol. The molecule has 34 heavy (non-hydrogen) atoms. The molecule has 0 saturated carbocycles. The van der Waals surface area contributed by atoms with Crippen LogP contribution in [0.1, 0.15) is 33.2 Å². The maximum absolute atomic E-state index is 12.8. The van der Waals surface area contributed by atoms with Crippen molar-refractivity contribution in [2.75, 3.05) is 11.9 Å². The number of imide groups is 1. The average molecular weight is 558 g/mol. The maximum atomic E-state index is 12.8. The van der Waals surface area contributed by atoms with E-state index in [4.69, 9.17) is 51.1 Å². The van der Waals surface area contributed by atoms with Gasteiger partial charge < -0.3 is 10.1 Å². The van der Waals surface area contributed by atoms with Crippen molar-refractivity contribution in [1.82, 2.24) is 4.90 Å². The van der Waals surface area contributed by atoms with E-state index >= 15 is 0 Å². The fraction of sp³-hybridized carbons (Fsp3) is 0.200. The summed E-state index contributed by atoms with van der Waals surface area (Å²) in [5, 5.41) is 0.991. The molecular weight excluding hydrogens is 547 g/mol. The first-order chi connectivity index (χ1) is 15.8. The molecule has 2 aromatic rings. The molecule has 180 valence electrons. The smallest absolute Gasteiger partial charge is 0.416 e. The van der Waals surface area contributed by atoms with Crippen LogP contribution in [0.2, 0.25) is 20.1 Å². The molecule has 0 radical (unpaired) electrons. The number of nitrogens with one attached hydrogen (secondary N) is 1. The number of esters is 1. The number of amides is 3. The minimum atomic E-state index is -4.62. The van der Waals surface area contributed by atoms with Gasteiger partial charge in [-0.3, -0.25) is 19.3 Å². The molecule has 2 aromatic carbocycles. The van der Waals surface area contributed by atoms with Crippen molar-refractivity contribution < 1.29 is 37.1 Å². The van der Waals surface area contributed by atoms with E-state index in [1.807, 2.05) is 0 Å². The number of fused-ring (bicyclic) bond motifs is 1. The summed E-state index contributed by atoms with van der Waals surface area (Å²) in [5.74, 6) is -4.07. The molecule has 1 atom stereocenters. The zero-order valence-electron chi connectivity index (χ0n) is 16.7. The van der Waals surface area contributed by atoms with Gasteiger partial charge in [0.15, 0.2) is 6.61 Å². The van der Waals surface area contributed by atoms with E-state index in [1.54, 1.807) is 0 Å². The molecular formula is C20H11Cl4F3N2O5. The monoisotopic (exact) mass is 556 g/mol. The molecule has 0 spiro atoms. The molecule has 1 aliphatic heterocycles. The lowest BCUT2D eigenvalue weighted by molar-refractivity contribution is -0.150. The SMILES string of the molecule is C[C@@H](C(=O)OCC(=O)Nc1cccc(C(F)(F)F)c1)N1C(=O)c2c(Cl)c(Cl)c(Cl)c(Cl)c2C1=O. The number of carbonyl (C=O) groups excluding carboxylic acids is 4. The average Bonchev–Trinajstić information content (AvgIpc) is 3.03. The van der Waals surface area contributed by atoms with Gasteiger partial charge in [-0.05, 0) is 25.1 Å². The van der Waals surface area contributed by atoms with Crippen molar-refractivity contribution >= 4 is 75.8 Å². The fourth-order valence-electron chi connectivity index (χ4n) is 3.05. The van der Waals surface area contributed by atoms with Crippen molar-refractivity contribution in [3.63, 3.8) is 0 Å². The minimum absolute atomic E-state index is 0.178. The summed E-state index contributed by atoms with van der Waals surface area (Å²) in [6.07, 6.45) is -4.62. The van der Waals surface area contributed by atoms with Gasteiger partial charge in [0.2, 0.25) is 0 Å². The molecule has 0 unspecified atom stereocenters. The zero-order chi connectivity index (χ0) is 25.5. The normalized spacial score (nSPS) is 14.2. The van der Waals surface area contributed by atoms with E-state index in [0.717, 1.165) is 19.1 Å². The Morgan fingerprint density at radius 1 is 1.00 bits per heavy atom. The van der Waals surface area contributed by atoms with E-state index in [0.29, 0.717) is 11.0 Å². The number of alkyl halides is 3. The second-order valence-corrected chi connectivity index (χ2v) is 8.41. The third-order valence-corrected chi connectivity index (χ3v) is 6.48. The quantitative estimate of drug-likeness (QED) is 0.227. The number of hydrogen-bond acceptors (Lipinski definition) is 5. The van der Waals surface area contributed by atoms with Crippen molar-refractivity contribution in [2.24, 2.45) is 0 Å². The molecule has 1 aliphatic rings. The molecule has 7 nitrogen and oxygen atoms in total. The third kappa shape index (κ3) is 4.81. The summed E-state index contributed by atoms with van der Waals surface area (Å²) in [6.45, 7) is 0.251. The van der Waals surface area contributed by atoms with Crippen LogP contribution in [0, 0.1) is 0 Å². The van der Waals surface area contributed by atoms with E-state index < -0.39 is 48.1 Å². The number of benzene rings is 2. The van der Waals surface area contributed by atoms with Gasteiger partial charge in [0.05, 0.1) is 36.8 Å². The summed E-state index contributed by atoms with van der Waals surface area (Å²) in [4.78, 5) is 50.5. The van der Waals surface area contributed by atoms with Crippen molar-refractivity contribution in [3.8, 4) is 0 Å². The van der Waals surface area contributed by atoms with Gasteiger partial charge in [-0.2, -0.15) is 13.2 Å². The standard InChI is InChI=1S/C20H11Cl4F3N2O5/c1-7(29-17(31)11-12(18(29)32)14(22)16(24)15(23)13(11)21)19(33)34-6-10(30)28-9-4-2-3-8(5-9)20(25,26)27/h2-5,7H,6H2,1H3,(H,28,30)/t7-/m0/s1. The first-order valence-corrected chi connectivity index (χ1v) is 10.6. The lowest BCUT2D eigenvalue weighted by atomic mass is 10.1. The van der Waals surface area contributed by atoms with Gasteiger partial charge in [-0.1, -0.05) is 52.5 Å². The number of hydrogen-bond donors (Lipinski definition) is 1. The van der Waals surface area contributed by atoms with Crippen LogP contribution in [0.25, 0.3) is 0 Å². The molecule has 1 N–H and O–H groups in total. The molecule has 3 amide bonds. The van der Waals surface area contributed by atoms with E-state index in [1.165, 1.54) is 6.07 Å². The van der Waals surface area contributed by atoms with Crippen LogP contribution < -0.4 is 5.32 Å². The van der Waals surface area contributed by atoms with Crippen LogP contribution in [0.5, 0.6) is 0 Å². The fourth-order valence-corrected chi connectivity index (χ4v) is 4.07. The van der Waals surface area contributed by atoms with Crippen LogP contribution >= 0.6 is 46.4 Å². The van der Waals surface area contributed by atoms with E-state index in [2.05, 4.69) is 5.32 Å². The predicted octanol–water partition coefficient (Wildman–Crippen LogP) is 5.49. The number of ether oxygens (including phenoxy) is 1. The zero-order valence-corrected chi connectivity index (χ0v) is 19.8. The number of carbonyl (C=O) groups is 4. The molecule has 0 saturated heterocycles. The highest BCUT2D eigenvalue weighted by molar-refractivity contribution is 6.55. The van der Waals surface area contributed by atoms with Crippen LogP contribution in [0.4, 0.5) is 18.9 Å². The van der Waals surface area contributed by atoms with Gasteiger partial charge in [-0.25, -0.2) is 4.79 Å². The molecule has 0 bridgehead atoms. The first kappa shape index (κ1) is 26.1. The number of rotatable bonds is 5. The van der Waals surface area contributed by atoms with Crippen molar-refractivity contribution in [1.29, 1.82) is 0 Å². The highest BCUT2D eigenvalue weighted by atomic mass is 35.5. The van der Waals surface area contributed by atoms with Crippen LogP contribution in [-0.2, 0) is 20.5 Å². The first-order valence-electron chi connectivity index (χ1n) is 9.13. The Morgan fingerprint density at radius 3 is 2.03 bits per heavy atom.